The van der Waals surface area contributed by atoms with Crippen LogP contribution >= 0.6 is 0 Å². The first-order valence-electron chi connectivity index (χ1n) is 5.77. The van der Waals surface area contributed by atoms with E-state index in [4.69, 9.17) is 4.74 Å². The van der Waals surface area contributed by atoms with Crippen LogP contribution in [0, 0.1) is 0 Å². The molecule has 100 valence electrons. The molecule has 1 aliphatic rings. The van der Waals surface area contributed by atoms with Gasteiger partial charge in [0.05, 0.1) is 24.5 Å². The van der Waals surface area contributed by atoms with E-state index in [0.717, 1.165) is 12.1 Å². The van der Waals surface area contributed by atoms with Gasteiger partial charge in [0.25, 0.3) is 0 Å². The number of hydrogen-bond donors (Lipinski definition) is 0. The Hall–Kier alpha value is -1.82. The monoisotopic (exact) mass is 269 g/mol. The van der Waals surface area contributed by atoms with Gasteiger partial charge >= 0.3 is 6.18 Å². The smallest absolute Gasteiger partial charge is 0.373 e. The van der Waals surface area contributed by atoms with E-state index >= 15 is 0 Å². The maximum atomic E-state index is 12.7. The minimum Gasteiger partial charge on any atom is -0.373 e. The zero-order chi connectivity index (χ0) is 13.6. The Morgan fingerprint density at radius 1 is 1.32 bits per heavy atom. The van der Waals surface area contributed by atoms with Crippen molar-refractivity contribution < 1.29 is 22.7 Å². The van der Waals surface area contributed by atoms with Crippen LogP contribution in [0.1, 0.15) is 21.6 Å². The molecule has 0 saturated carbocycles. The van der Waals surface area contributed by atoms with Crippen molar-refractivity contribution in [1.29, 1.82) is 0 Å². The summed E-state index contributed by atoms with van der Waals surface area (Å²) in [5.74, 6) is 0. The van der Waals surface area contributed by atoms with Gasteiger partial charge in [0.15, 0.2) is 6.29 Å². The molecule has 6 heteroatoms. The van der Waals surface area contributed by atoms with Crippen molar-refractivity contribution in [3.05, 3.63) is 35.0 Å². The lowest BCUT2D eigenvalue weighted by molar-refractivity contribution is -0.137. The topological polar surface area (TPSA) is 31.2 Å². The van der Waals surface area contributed by atoms with Gasteiger partial charge in [-0.2, -0.15) is 13.2 Å². The van der Waals surface area contributed by atoms with Crippen LogP contribution < -0.4 is 0 Å². The number of fused-ring (bicyclic) bond motifs is 3. The van der Waals surface area contributed by atoms with E-state index in [0.29, 0.717) is 41.6 Å². The van der Waals surface area contributed by atoms with Crippen LogP contribution in [0.5, 0.6) is 0 Å². The highest BCUT2D eigenvalue weighted by Crippen LogP contribution is 2.34. The van der Waals surface area contributed by atoms with E-state index in [9.17, 15) is 18.0 Å². The minimum atomic E-state index is -4.41. The van der Waals surface area contributed by atoms with Crippen LogP contribution in [0.25, 0.3) is 10.9 Å². The Kier molecular flexibility index (Phi) is 2.63. The van der Waals surface area contributed by atoms with E-state index in [1.54, 1.807) is 0 Å². The predicted molar refractivity (Wildman–Crippen MR) is 62.0 cm³/mol. The molecular weight excluding hydrogens is 259 g/mol. The van der Waals surface area contributed by atoms with E-state index in [1.807, 2.05) is 4.57 Å². The van der Waals surface area contributed by atoms with Gasteiger partial charge in [0.2, 0.25) is 0 Å². The second-order valence-corrected chi connectivity index (χ2v) is 4.41. The summed E-state index contributed by atoms with van der Waals surface area (Å²) >= 11 is 0. The summed E-state index contributed by atoms with van der Waals surface area (Å²) in [7, 11) is 0. The highest BCUT2D eigenvalue weighted by Gasteiger charge is 2.31. The molecule has 3 rings (SSSR count). The van der Waals surface area contributed by atoms with Gasteiger partial charge in [-0.15, -0.1) is 0 Å². The van der Waals surface area contributed by atoms with Crippen LogP contribution in [0.4, 0.5) is 13.2 Å². The van der Waals surface area contributed by atoms with Crippen LogP contribution in [0.15, 0.2) is 18.2 Å². The number of carbonyl (C=O) groups is 1. The zero-order valence-corrected chi connectivity index (χ0v) is 9.83. The minimum absolute atomic E-state index is 0.254. The van der Waals surface area contributed by atoms with Crippen LogP contribution in [0.2, 0.25) is 0 Å². The molecule has 2 heterocycles. The summed E-state index contributed by atoms with van der Waals surface area (Å²) in [5.41, 5.74) is 0.844. The fraction of sp³-hybridized carbons (Fsp3) is 0.308. The number of aldehydes is 1. The van der Waals surface area contributed by atoms with Gasteiger partial charge in [-0.3, -0.25) is 4.79 Å². The average molecular weight is 269 g/mol. The molecule has 0 saturated heterocycles. The number of carbonyl (C=O) groups excluding carboxylic acids is 1. The van der Waals surface area contributed by atoms with Crippen LogP contribution in [-0.4, -0.2) is 17.5 Å². The van der Waals surface area contributed by atoms with Gasteiger partial charge in [-0.25, -0.2) is 0 Å². The largest absolute Gasteiger partial charge is 0.416 e. The molecule has 0 N–H and O–H groups in total. The van der Waals surface area contributed by atoms with E-state index in [2.05, 4.69) is 0 Å². The van der Waals surface area contributed by atoms with Crippen molar-refractivity contribution in [1.82, 2.24) is 4.57 Å². The molecule has 0 fully saturated rings. The van der Waals surface area contributed by atoms with E-state index < -0.39 is 11.7 Å². The molecule has 1 aliphatic heterocycles. The Labute approximate surface area is 106 Å². The number of aromatic nitrogens is 1. The second kappa shape index (κ2) is 4.09. The summed E-state index contributed by atoms with van der Waals surface area (Å²) in [6, 6.07) is 3.49. The van der Waals surface area contributed by atoms with Crippen molar-refractivity contribution in [2.24, 2.45) is 0 Å². The highest BCUT2D eigenvalue weighted by atomic mass is 19.4. The molecule has 0 spiro atoms. The fourth-order valence-corrected chi connectivity index (χ4v) is 2.48. The van der Waals surface area contributed by atoms with Gasteiger partial charge < -0.3 is 9.30 Å². The molecule has 0 radical (unpaired) electrons. The molecule has 0 bridgehead atoms. The SMILES string of the molecule is O=Cc1c2n(c3ccc(C(F)(F)F)cc13)CCOC2. The molecule has 0 aliphatic carbocycles. The van der Waals surface area contributed by atoms with Gasteiger partial charge in [-0.05, 0) is 18.2 Å². The molecule has 1 aromatic heterocycles. The number of alkyl halides is 3. The van der Waals surface area contributed by atoms with Crippen molar-refractivity contribution in [3.8, 4) is 0 Å². The molecule has 19 heavy (non-hydrogen) atoms. The van der Waals surface area contributed by atoms with Gasteiger partial charge in [0, 0.05) is 23.0 Å². The lowest BCUT2D eigenvalue weighted by Crippen LogP contribution is -2.16. The second-order valence-electron chi connectivity index (χ2n) is 4.41. The molecule has 0 unspecified atom stereocenters. The van der Waals surface area contributed by atoms with E-state index in [1.165, 1.54) is 6.07 Å². The molecular formula is C13H10F3NO2. The zero-order valence-electron chi connectivity index (χ0n) is 9.83. The van der Waals surface area contributed by atoms with Gasteiger partial charge in [0.1, 0.15) is 0 Å². The highest BCUT2D eigenvalue weighted by molar-refractivity contribution is 5.99. The van der Waals surface area contributed by atoms with Crippen LogP contribution in [0.3, 0.4) is 0 Å². The lowest BCUT2D eigenvalue weighted by atomic mass is 10.1. The first-order valence-corrected chi connectivity index (χ1v) is 5.77. The molecule has 3 nitrogen and oxygen atoms in total. The third-order valence-corrected chi connectivity index (χ3v) is 3.36. The Balaban J connectivity index is 2.31. The number of nitrogens with zero attached hydrogens (tertiary/aromatic N) is 1. The van der Waals surface area contributed by atoms with Crippen LogP contribution in [-0.2, 0) is 24.1 Å². The summed E-state index contributed by atoms with van der Waals surface area (Å²) in [5, 5.41) is 0.338. The Morgan fingerprint density at radius 2 is 2.11 bits per heavy atom. The lowest BCUT2D eigenvalue weighted by Gasteiger charge is -2.17. The standard InChI is InChI=1S/C13H10F3NO2/c14-13(15,16)8-1-2-11-9(5-8)10(6-18)12-7-19-4-3-17(11)12/h1-2,5-6H,3-4,7H2. The van der Waals surface area contributed by atoms with Crippen molar-refractivity contribution in [2.45, 2.75) is 19.3 Å². The molecule has 1 aromatic carbocycles. The number of benzene rings is 1. The first-order chi connectivity index (χ1) is 9.02. The third-order valence-electron chi connectivity index (χ3n) is 3.36. The Bertz CT molecular complexity index is 658. The quantitative estimate of drug-likeness (QED) is 0.745. The van der Waals surface area contributed by atoms with Crippen molar-refractivity contribution in [2.75, 3.05) is 6.61 Å². The molecule has 0 atom stereocenters. The maximum Gasteiger partial charge on any atom is 0.416 e. The van der Waals surface area contributed by atoms with Gasteiger partial charge in [-0.1, -0.05) is 0 Å². The average Bonchev–Trinajstić information content (AvgIpc) is 2.70. The maximum absolute atomic E-state index is 12.7. The summed E-state index contributed by atoms with van der Waals surface area (Å²) in [6.45, 7) is 1.30. The Morgan fingerprint density at radius 3 is 2.79 bits per heavy atom. The fourth-order valence-electron chi connectivity index (χ4n) is 2.48. The van der Waals surface area contributed by atoms with Crippen molar-refractivity contribution in [3.63, 3.8) is 0 Å². The summed E-state index contributed by atoms with van der Waals surface area (Å²) in [6.07, 6.45) is -3.81. The predicted octanol–water partition coefficient (Wildman–Crippen LogP) is 3.00. The van der Waals surface area contributed by atoms with E-state index in [-0.39, 0.29) is 6.61 Å². The summed E-state index contributed by atoms with van der Waals surface area (Å²) in [4.78, 5) is 11.2. The number of hydrogen-bond acceptors (Lipinski definition) is 2. The number of ether oxygens (including phenoxy) is 1. The normalized spacial score (nSPS) is 15.5. The first kappa shape index (κ1) is 12.2. The van der Waals surface area contributed by atoms with Crippen molar-refractivity contribution >= 4 is 17.2 Å². The number of halogens is 3. The summed E-state index contributed by atoms with van der Waals surface area (Å²) < 4.78 is 45.3. The number of rotatable bonds is 1. The third kappa shape index (κ3) is 1.83. The molecule has 2 aromatic rings. The molecule has 0 amide bonds.